The molecule has 5 nitrogen and oxygen atoms in total. The Labute approximate surface area is 111 Å². The van der Waals surface area contributed by atoms with E-state index < -0.39 is 0 Å². The van der Waals surface area contributed by atoms with Gasteiger partial charge >= 0.3 is 0 Å². The number of aliphatic hydroxyl groups excluding tert-OH is 1. The van der Waals surface area contributed by atoms with E-state index in [1.54, 1.807) is 6.26 Å². The summed E-state index contributed by atoms with van der Waals surface area (Å²) < 4.78 is 10.7. The summed E-state index contributed by atoms with van der Waals surface area (Å²) in [5.41, 5.74) is 0.980. The van der Waals surface area contributed by atoms with Gasteiger partial charge in [-0.3, -0.25) is 0 Å². The Bertz CT molecular complexity index is 546. The van der Waals surface area contributed by atoms with Gasteiger partial charge in [-0.1, -0.05) is 24.4 Å². The van der Waals surface area contributed by atoms with Crippen LogP contribution in [0.2, 0.25) is 0 Å². The zero-order valence-electron chi connectivity index (χ0n) is 11.0. The van der Waals surface area contributed by atoms with Gasteiger partial charge < -0.3 is 14.0 Å². The lowest BCUT2D eigenvalue weighted by Crippen LogP contribution is -2.17. The molecule has 0 radical (unpaired) electrons. The second-order valence-corrected chi connectivity index (χ2v) is 5.20. The van der Waals surface area contributed by atoms with E-state index in [1.807, 2.05) is 13.0 Å². The lowest BCUT2D eigenvalue weighted by molar-refractivity contribution is 0.119. The van der Waals surface area contributed by atoms with Crippen LogP contribution in [0, 0.1) is 6.92 Å². The molecule has 0 saturated heterocycles. The average molecular weight is 262 g/mol. The molecule has 5 heteroatoms. The Hall–Kier alpha value is -1.62. The minimum atomic E-state index is -0.381. The van der Waals surface area contributed by atoms with Crippen LogP contribution in [0.1, 0.15) is 49.5 Å². The molecule has 0 aliphatic heterocycles. The standard InChI is InChI=1S/C14H18N2O3/c1-9-7-8-18-12(9)13-15-14(19-16-13)10-5-3-2-4-6-11(10)17/h7-8,10-11,17H,2-6H2,1H3. The molecule has 2 aromatic rings. The molecule has 2 aromatic heterocycles. The van der Waals surface area contributed by atoms with E-state index in [2.05, 4.69) is 10.1 Å². The normalized spacial score (nSPS) is 24.3. The molecular weight excluding hydrogens is 244 g/mol. The molecule has 1 aliphatic rings. The number of nitrogens with zero attached hydrogens (tertiary/aromatic N) is 2. The molecule has 0 spiro atoms. The summed E-state index contributed by atoms with van der Waals surface area (Å²) in [5, 5.41) is 14.1. The summed E-state index contributed by atoms with van der Waals surface area (Å²) in [4.78, 5) is 4.40. The minimum Gasteiger partial charge on any atom is -0.461 e. The number of hydrogen-bond donors (Lipinski definition) is 1. The molecule has 1 saturated carbocycles. The van der Waals surface area contributed by atoms with Crippen molar-refractivity contribution in [3.05, 3.63) is 23.8 Å². The van der Waals surface area contributed by atoms with Gasteiger partial charge in [-0.25, -0.2) is 0 Å². The number of rotatable bonds is 2. The predicted octanol–water partition coefficient (Wildman–Crippen LogP) is 3.05. The predicted molar refractivity (Wildman–Crippen MR) is 68.6 cm³/mol. The average Bonchev–Trinajstić information content (AvgIpc) is 2.97. The van der Waals surface area contributed by atoms with Gasteiger partial charge in [0.15, 0.2) is 5.76 Å². The fourth-order valence-corrected chi connectivity index (χ4v) is 2.66. The van der Waals surface area contributed by atoms with Crippen molar-refractivity contribution in [3.63, 3.8) is 0 Å². The first-order chi connectivity index (χ1) is 9.25. The molecule has 3 rings (SSSR count). The van der Waals surface area contributed by atoms with Gasteiger partial charge in [-0.15, -0.1) is 0 Å². The maximum absolute atomic E-state index is 10.1. The molecular formula is C14H18N2O3. The van der Waals surface area contributed by atoms with Crippen LogP contribution in [0.3, 0.4) is 0 Å². The molecule has 0 amide bonds. The maximum Gasteiger partial charge on any atom is 0.238 e. The van der Waals surface area contributed by atoms with E-state index >= 15 is 0 Å². The third-order valence-electron chi connectivity index (χ3n) is 3.80. The van der Waals surface area contributed by atoms with E-state index in [9.17, 15) is 5.11 Å². The van der Waals surface area contributed by atoms with Crippen LogP contribution in [0.15, 0.2) is 21.3 Å². The zero-order valence-corrected chi connectivity index (χ0v) is 11.0. The van der Waals surface area contributed by atoms with Crippen LogP contribution in [-0.2, 0) is 0 Å². The van der Waals surface area contributed by atoms with E-state index in [4.69, 9.17) is 8.94 Å². The smallest absolute Gasteiger partial charge is 0.238 e. The molecule has 2 atom stereocenters. The summed E-state index contributed by atoms with van der Waals surface area (Å²) in [6.07, 6.45) is 6.26. The molecule has 0 aromatic carbocycles. The van der Waals surface area contributed by atoms with Gasteiger partial charge in [0.05, 0.1) is 18.3 Å². The summed E-state index contributed by atoms with van der Waals surface area (Å²) in [7, 11) is 0. The van der Waals surface area contributed by atoms with Crippen molar-refractivity contribution in [3.8, 4) is 11.6 Å². The van der Waals surface area contributed by atoms with E-state index in [0.29, 0.717) is 17.5 Å². The number of hydrogen-bond acceptors (Lipinski definition) is 5. The maximum atomic E-state index is 10.1. The Kier molecular flexibility index (Phi) is 3.38. The summed E-state index contributed by atoms with van der Waals surface area (Å²) in [6, 6.07) is 1.87. The Morgan fingerprint density at radius 1 is 1.26 bits per heavy atom. The molecule has 2 unspecified atom stereocenters. The lowest BCUT2D eigenvalue weighted by atomic mass is 9.97. The van der Waals surface area contributed by atoms with E-state index in [0.717, 1.165) is 37.7 Å². The Morgan fingerprint density at radius 2 is 2.11 bits per heavy atom. The van der Waals surface area contributed by atoms with Crippen LogP contribution < -0.4 is 0 Å². The zero-order chi connectivity index (χ0) is 13.2. The number of furan rings is 1. The summed E-state index contributed by atoms with van der Waals surface area (Å²) in [6.45, 7) is 1.94. The van der Waals surface area contributed by atoms with Crippen LogP contribution in [0.25, 0.3) is 11.6 Å². The highest BCUT2D eigenvalue weighted by molar-refractivity contribution is 5.51. The fraction of sp³-hybridized carbons (Fsp3) is 0.571. The summed E-state index contributed by atoms with van der Waals surface area (Å²) >= 11 is 0. The van der Waals surface area contributed by atoms with Gasteiger partial charge in [0.2, 0.25) is 11.7 Å². The molecule has 19 heavy (non-hydrogen) atoms. The van der Waals surface area contributed by atoms with Gasteiger partial charge in [0.25, 0.3) is 0 Å². The second kappa shape index (κ2) is 5.17. The van der Waals surface area contributed by atoms with Crippen molar-refractivity contribution in [2.24, 2.45) is 0 Å². The Balaban J connectivity index is 1.86. The van der Waals surface area contributed by atoms with Crippen LogP contribution >= 0.6 is 0 Å². The van der Waals surface area contributed by atoms with Crippen molar-refractivity contribution in [1.82, 2.24) is 10.1 Å². The first kappa shape index (κ1) is 12.4. The number of aliphatic hydroxyl groups is 1. The number of aryl methyl sites for hydroxylation is 1. The van der Waals surface area contributed by atoms with Crippen molar-refractivity contribution in [1.29, 1.82) is 0 Å². The van der Waals surface area contributed by atoms with Crippen molar-refractivity contribution >= 4 is 0 Å². The van der Waals surface area contributed by atoms with Gasteiger partial charge in [0.1, 0.15) is 0 Å². The van der Waals surface area contributed by atoms with Crippen molar-refractivity contribution < 1.29 is 14.0 Å². The third kappa shape index (κ3) is 2.42. The van der Waals surface area contributed by atoms with Crippen LogP contribution in [0.5, 0.6) is 0 Å². The van der Waals surface area contributed by atoms with Gasteiger partial charge in [0, 0.05) is 0 Å². The first-order valence-corrected chi connectivity index (χ1v) is 6.82. The molecule has 0 bridgehead atoms. The molecule has 2 heterocycles. The largest absolute Gasteiger partial charge is 0.461 e. The highest BCUT2D eigenvalue weighted by atomic mass is 16.5. The fourth-order valence-electron chi connectivity index (χ4n) is 2.66. The topological polar surface area (TPSA) is 72.3 Å². The van der Waals surface area contributed by atoms with E-state index in [-0.39, 0.29) is 12.0 Å². The lowest BCUT2D eigenvalue weighted by Gasteiger charge is -2.15. The van der Waals surface area contributed by atoms with Crippen LogP contribution in [0.4, 0.5) is 0 Å². The molecule has 1 fully saturated rings. The summed E-state index contributed by atoms with van der Waals surface area (Å²) in [5.74, 6) is 1.59. The van der Waals surface area contributed by atoms with Gasteiger partial charge in [-0.05, 0) is 31.4 Å². The van der Waals surface area contributed by atoms with Crippen molar-refractivity contribution in [2.45, 2.75) is 51.0 Å². The quantitative estimate of drug-likeness (QED) is 0.842. The Morgan fingerprint density at radius 3 is 2.89 bits per heavy atom. The monoisotopic (exact) mass is 262 g/mol. The van der Waals surface area contributed by atoms with Crippen LogP contribution in [-0.4, -0.2) is 21.4 Å². The highest BCUT2D eigenvalue weighted by Crippen LogP contribution is 2.32. The number of aromatic nitrogens is 2. The van der Waals surface area contributed by atoms with Gasteiger partial charge in [-0.2, -0.15) is 4.98 Å². The highest BCUT2D eigenvalue weighted by Gasteiger charge is 2.29. The molecule has 102 valence electrons. The SMILES string of the molecule is Cc1ccoc1-c1noc(C2CCCCCC2O)n1. The molecule has 1 aliphatic carbocycles. The van der Waals surface area contributed by atoms with Crippen molar-refractivity contribution in [2.75, 3.05) is 0 Å². The van der Waals surface area contributed by atoms with E-state index in [1.165, 1.54) is 0 Å². The third-order valence-corrected chi connectivity index (χ3v) is 3.80. The molecule has 1 N–H and O–H groups in total. The second-order valence-electron chi connectivity index (χ2n) is 5.20. The minimum absolute atomic E-state index is 0.0426. The first-order valence-electron chi connectivity index (χ1n) is 6.82.